The molecule has 0 saturated carbocycles. The molecule has 1 aromatic heterocycles. The minimum absolute atomic E-state index is 0.0826. The molecule has 5 heteroatoms. The Morgan fingerprint density at radius 2 is 1.52 bits per heavy atom. The van der Waals surface area contributed by atoms with Gasteiger partial charge in [-0.1, -0.05) is 60.7 Å². The molecule has 1 N–H and O–H groups in total. The number of nitrogens with zero attached hydrogens (tertiary/aromatic N) is 2. The molecule has 5 rings (SSSR count). The molecular weight excluding hydrogens is 392 g/mol. The van der Waals surface area contributed by atoms with Gasteiger partial charge in [0.05, 0.1) is 11.6 Å². The molecule has 3 nitrogen and oxygen atoms in total. The molecule has 0 radical (unpaired) electrons. The van der Waals surface area contributed by atoms with E-state index in [1.54, 1.807) is 4.68 Å². The maximum atomic E-state index is 14.7. The maximum absolute atomic E-state index is 14.7. The fourth-order valence-electron chi connectivity index (χ4n) is 4.39. The van der Waals surface area contributed by atoms with E-state index in [1.807, 2.05) is 36.4 Å². The van der Waals surface area contributed by atoms with Gasteiger partial charge in [0.1, 0.15) is 17.3 Å². The first-order valence-corrected chi connectivity index (χ1v) is 10.6. The van der Waals surface area contributed by atoms with E-state index in [9.17, 15) is 8.78 Å². The first kappa shape index (κ1) is 19.5. The van der Waals surface area contributed by atoms with Crippen LogP contribution < -0.4 is 5.32 Å². The molecule has 0 saturated heterocycles. The van der Waals surface area contributed by atoms with Gasteiger partial charge in [-0.2, -0.15) is 5.10 Å². The summed E-state index contributed by atoms with van der Waals surface area (Å²) in [5, 5.41) is 8.39. The van der Waals surface area contributed by atoms with Crippen molar-refractivity contribution in [3.05, 3.63) is 113 Å². The van der Waals surface area contributed by atoms with Crippen LogP contribution >= 0.6 is 0 Å². The van der Waals surface area contributed by atoms with E-state index in [0.717, 1.165) is 60.1 Å². The van der Waals surface area contributed by atoms with Gasteiger partial charge in [-0.3, -0.25) is 0 Å². The van der Waals surface area contributed by atoms with Crippen molar-refractivity contribution < 1.29 is 8.78 Å². The van der Waals surface area contributed by atoms with E-state index in [-0.39, 0.29) is 11.6 Å². The minimum Gasteiger partial charge on any atom is -0.370 e. The summed E-state index contributed by atoms with van der Waals surface area (Å²) in [6.07, 6.45) is 2.92. The standard InChI is InChI=1S/C26H23F2N3/c27-20-14-15-23(22(28)17-20)31-26-21(13-7-8-16-29-26)25(30-31)24(18-9-3-1-4-10-18)19-11-5-2-6-12-19/h1-6,9-12,14-15,17,24,29H,7-8,13,16H2. The summed E-state index contributed by atoms with van der Waals surface area (Å²) in [7, 11) is 0. The number of benzene rings is 3. The number of anilines is 1. The van der Waals surface area contributed by atoms with Crippen LogP contribution in [0.4, 0.5) is 14.6 Å². The zero-order chi connectivity index (χ0) is 21.2. The van der Waals surface area contributed by atoms with Gasteiger partial charge < -0.3 is 5.32 Å². The molecule has 2 heterocycles. The number of hydrogen-bond acceptors (Lipinski definition) is 2. The lowest BCUT2D eigenvalue weighted by molar-refractivity contribution is 0.573. The van der Waals surface area contributed by atoms with E-state index in [0.29, 0.717) is 0 Å². The highest BCUT2D eigenvalue weighted by atomic mass is 19.1. The highest BCUT2D eigenvalue weighted by Gasteiger charge is 2.29. The van der Waals surface area contributed by atoms with Crippen LogP contribution in [0.25, 0.3) is 5.69 Å². The van der Waals surface area contributed by atoms with Crippen molar-refractivity contribution in [2.24, 2.45) is 0 Å². The Morgan fingerprint density at radius 3 is 2.16 bits per heavy atom. The Bertz CT molecular complexity index is 1150. The SMILES string of the molecule is Fc1ccc(-n2nc(C(c3ccccc3)c3ccccc3)c3c2NCCCC3)c(F)c1. The lowest BCUT2D eigenvalue weighted by Gasteiger charge is -2.18. The largest absolute Gasteiger partial charge is 0.370 e. The number of hydrogen-bond donors (Lipinski definition) is 1. The van der Waals surface area contributed by atoms with E-state index >= 15 is 0 Å². The number of nitrogens with one attached hydrogen (secondary N) is 1. The molecule has 4 aromatic rings. The highest BCUT2D eigenvalue weighted by molar-refractivity contribution is 5.58. The average Bonchev–Trinajstić information content (AvgIpc) is 2.96. The second kappa shape index (κ2) is 8.34. The van der Waals surface area contributed by atoms with Crippen LogP contribution in [-0.4, -0.2) is 16.3 Å². The third-order valence-electron chi connectivity index (χ3n) is 5.84. The van der Waals surface area contributed by atoms with Gasteiger partial charge in [0.25, 0.3) is 0 Å². The van der Waals surface area contributed by atoms with Crippen molar-refractivity contribution in [1.82, 2.24) is 9.78 Å². The van der Waals surface area contributed by atoms with E-state index < -0.39 is 11.6 Å². The quantitative estimate of drug-likeness (QED) is 0.438. The van der Waals surface area contributed by atoms with Gasteiger partial charge in [0.15, 0.2) is 5.82 Å². The second-order valence-electron chi connectivity index (χ2n) is 7.86. The van der Waals surface area contributed by atoms with Crippen LogP contribution in [0.3, 0.4) is 0 Å². The lowest BCUT2D eigenvalue weighted by Crippen LogP contribution is -2.09. The number of aromatic nitrogens is 2. The van der Waals surface area contributed by atoms with Crippen LogP contribution in [0.2, 0.25) is 0 Å². The molecule has 0 atom stereocenters. The fraction of sp³-hybridized carbons (Fsp3) is 0.192. The Morgan fingerprint density at radius 1 is 0.839 bits per heavy atom. The van der Waals surface area contributed by atoms with Gasteiger partial charge >= 0.3 is 0 Å². The van der Waals surface area contributed by atoms with Gasteiger partial charge in [-0.25, -0.2) is 13.5 Å². The second-order valence-corrected chi connectivity index (χ2v) is 7.86. The monoisotopic (exact) mass is 415 g/mol. The molecule has 0 spiro atoms. The van der Waals surface area contributed by atoms with E-state index in [1.165, 1.54) is 12.1 Å². The molecule has 0 bridgehead atoms. The predicted molar refractivity (Wildman–Crippen MR) is 119 cm³/mol. The van der Waals surface area contributed by atoms with Crippen LogP contribution in [0.15, 0.2) is 78.9 Å². The van der Waals surface area contributed by atoms with Crippen LogP contribution in [0.1, 0.15) is 41.1 Å². The fourth-order valence-corrected chi connectivity index (χ4v) is 4.39. The predicted octanol–water partition coefficient (Wildman–Crippen LogP) is 6.08. The third kappa shape index (κ3) is 3.72. The molecular formula is C26H23F2N3. The first-order chi connectivity index (χ1) is 15.2. The average molecular weight is 415 g/mol. The summed E-state index contributed by atoms with van der Waals surface area (Å²) in [4.78, 5) is 0. The molecule has 3 aromatic carbocycles. The third-order valence-corrected chi connectivity index (χ3v) is 5.84. The van der Waals surface area contributed by atoms with Crippen molar-refractivity contribution in [2.75, 3.05) is 11.9 Å². The zero-order valence-corrected chi connectivity index (χ0v) is 17.1. The normalized spacial score (nSPS) is 13.5. The smallest absolute Gasteiger partial charge is 0.151 e. The number of rotatable bonds is 4. The summed E-state index contributed by atoms with van der Waals surface area (Å²) in [5.74, 6) is -0.506. The van der Waals surface area contributed by atoms with Gasteiger partial charge in [-0.15, -0.1) is 0 Å². The summed E-state index contributed by atoms with van der Waals surface area (Å²) >= 11 is 0. The molecule has 0 fully saturated rings. The summed E-state index contributed by atoms with van der Waals surface area (Å²) < 4.78 is 29.9. The molecule has 0 unspecified atom stereocenters. The van der Waals surface area contributed by atoms with Gasteiger partial charge in [0, 0.05) is 18.2 Å². The Hall–Kier alpha value is -3.47. The summed E-state index contributed by atoms with van der Waals surface area (Å²) in [6.45, 7) is 0.794. The van der Waals surface area contributed by atoms with Crippen molar-refractivity contribution in [1.29, 1.82) is 0 Å². The number of halogens is 2. The molecule has 0 amide bonds. The van der Waals surface area contributed by atoms with Crippen molar-refractivity contribution >= 4 is 5.82 Å². The van der Waals surface area contributed by atoms with Crippen LogP contribution in [0.5, 0.6) is 0 Å². The Balaban J connectivity index is 1.75. The van der Waals surface area contributed by atoms with Crippen LogP contribution in [0, 0.1) is 11.6 Å². The zero-order valence-electron chi connectivity index (χ0n) is 17.1. The van der Waals surface area contributed by atoms with E-state index in [4.69, 9.17) is 5.10 Å². The molecule has 1 aliphatic rings. The van der Waals surface area contributed by atoms with Gasteiger partial charge in [-0.05, 0) is 42.5 Å². The minimum atomic E-state index is -0.626. The molecule has 1 aliphatic heterocycles. The van der Waals surface area contributed by atoms with Crippen molar-refractivity contribution in [3.8, 4) is 5.69 Å². The first-order valence-electron chi connectivity index (χ1n) is 10.6. The number of fused-ring (bicyclic) bond motifs is 1. The molecule has 31 heavy (non-hydrogen) atoms. The van der Waals surface area contributed by atoms with Crippen molar-refractivity contribution in [3.63, 3.8) is 0 Å². The Kier molecular flexibility index (Phi) is 5.24. The molecule has 156 valence electrons. The summed E-state index contributed by atoms with van der Waals surface area (Å²) in [6, 6.07) is 24.2. The van der Waals surface area contributed by atoms with Crippen molar-refractivity contribution in [2.45, 2.75) is 25.2 Å². The lowest BCUT2D eigenvalue weighted by atomic mass is 9.86. The Labute approximate surface area is 180 Å². The topological polar surface area (TPSA) is 29.9 Å². The van der Waals surface area contributed by atoms with Crippen LogP contribution in [-0.2, 0) is 6.42 Å². The van der Waals surface area contributed by atoms with E-state index in [2.05, 4.69) is 29.6 Å². The maximum Gasteiger partial charge on any atom is 0.151 e. The highest BCUT2D eigenvalue weighted by Crippen LogP contribution is 2.38. The van der Waals surface area contributed by atoms with Gasteiger partial charge in [0.2, 0.25) is 0 Å². The summed E-state index contributed by atoms with van der Waals surface area (Å²) in [5.41, 5.74) is 4.51. The molecule has 0 aliphatic carbocycles.